The van der Waals surface area contributed by atoms with E-state index in [1.54, 1.807) is 18.2 Å². The first-order valence-corrected chi connectivity index (χ1v) is 8.35. The van der Waals surface area contributed by atoms with Crippen LogP contribution >= 0.6 is 11.6 Å². The Morgan fingerprint density at radius 3 is 2.31 bits per heavy atom. The maximum Gasteiger partial charge on any atom is 0.276 e. The standard InChI is InChI=1S/C19H18ClN5O/c1-25(2)14-9-7-13(8-10-14)21-19(26)17-11-12-18(24-23-17)22-16-6-4-3-5-15(16)20/h3-12H,1-2H3,(H,21,26)(H,22,24). The van der Waals surface area contributed by atoms with Crippen LogP contribution in [-0.2, 0) is 0 Å². The summed E-state index contributed by atoms with van der Waals surface area (Å²) in [4.78, 5) is 14.3. The lowest BCUT2D eigenvalue weighted by Crippen LogP contribution is -2.15. The molecule has 0 radical (unpaired) electrons. The third-order valence-corrected chi connectivity index (χ3v) is 4.00. The molecule has 0 bridgehead atoms. The number of aromatic nitrogens is 2. The Labute approximate surface area is 156 Å². The van der Waals surface area contributed by atoms with Gasteiger partial charge in [0.2, 0.25) is 0 Å². The number of nitrogens with one attached hydrogen (secondary N) is 2. The minimum Gasteiger partial charge on any atom is -0.378 e. The van der Waals surface area contributed by atoms with E-state index in [0.29, 0.717) is 16.5 Å². The van der Waals surface area contributed by atoms with E-state index in [2.05, 4.69) is 20.8 Å². The highest BCUT2D eigenvalue weighted by Crippen LogP contribution is 2.23. The van der Waals surface area contributed by atoms with Crippen LogP contribution in [0.25, 0.3) is 0 Å². The second-order valence-corrected chi connectivity index (χ2v) is 6.21. The van der Waals surface area contributed by atoms with E-state index in [9.17, 15) is 4.79 Å². The van der Waals surface area contributed by atoms with Crippen LogP contribution in [0.15, 0.2) is 60.7 Å². The lowest BCUT2D eigenvalue weighted by Gasteiger charge is -2.13. The van der Waals surface area contributed by atoms with Gasteiger partial charge in [-0.25, -0.2) is 0 Å². The Morgan fingerprint density at radius 1 is 0.962 bits per heavy atom. The number of carbonyl (C=O) groups excluding carboxylic acids is 1. The minimum absolute atomic E-state index is 0.228. The summed E-state index contributed by atoms with van der Waals surface area (Å²) >= 11 is 6.10. The number of para-hydroxylation sites is 1. The molecular formula is C19H18ClN5O. The van der Waals surface area contributed by atoms with Crippen LogP contribution in [0.2, 0.25) is 5.02 Å². The first-order chi connectivity index (χ1) is 12.5. The van der Waals surface area contributed by atoms with E-state index in [0.717, 1.165) is 11.4 Å². The Hall–Kier alpha value is -3.12. The highest BCUT2D eigenvalue weighted by molar-refractivity contribution is 6.33. The normalized spacial score (nSPS) is 10.3. The summed E-state index contributed by atoms with van der Waals surface area (Å²) < 4.78 is 0. The van der Waals surface area contributed by atoms with Crippen LogP contribution in [-0.4, -0.2) is 30.2 Å². The lowest BCUT2D eigenvalue weighted by atomic mass is 10.2. The second-order valence-electron chi connectivity index (χ2n) is 5.80. The number of hydrogen-bond donors (Lipinski definition) is 2. The van der Waals surface area contributed by atoms with Gasteiger partial charge in [0.25, 0.3) is 5.91 Å². The topological polar surface area (TPSA) is 70.2 Å². The molecule has 7 heteroatoms. The Kier molecular flexibility index (Phi) is 5.34. The van der Waals surface area contributed by atoms with Crippen molar-refractivity contribution in [1.29, 1.82) is 0 Å². The fourth-order valence-electron chi connectivity index (χ4n) is 2.26. The van der Waals surface area contributed by atoms with E-state index in [4.69, 9.17) is 11.6 Å². The van der Waals surface area contributed by atoms with Crippen LogP contribution in [0.3, 0.4) is 0 Å². The molecular weight excluding hydrogens is 350 g/mol. The van der Waals surface area contributed by atoms with Crippen molar-refractivity contribution < 1.29 is 4.79 Å². The van der Waals surface area contributed by atoms with Crippen molar-refractivity contribution in [3.8, 4) is 0 Å². The van der Waals surface area contributed by atoms with Gasteiger partial charge in [-0.05, 0) is 48.5 Å². The number of rotatable bonds is 5. The number of hydrogen-bond acceptors (Lipinski definition) is 5. The smallest absolute Gasteiger partial charge is 0.276 e. The van der Waals surface area contributed by atoms with E-state index in [-0.39, 0.29) is 11.6 Å². The van der Waals surface area contributed by atoms with Crippen LogP contribution in [0.5, 0.6) is 0 Å². The van der Waals surface area contributed by atoms with Crippen LogP contribution in [0.1, 0.15) is 10.5 Å². The molecule has 6 nitrogen and oxygen atoms in total. The number of benzene rings is 2. The molecule has 132 valence electrons. The Balaban J connectivity index is 1.66. The van der Waals surface area contributed by atoms with Gasteiger partial charge >= 0.3 is 0 Å². The van der Waals surface area contributed by atoms with Crippen molar-refractivity contribution in [3.05, 3.63) is 71.4 Å². The Bertz CT molecular complexity index is 895. The van der Waals surface area contributed by atoms with Gasteiger partial charge in [0.15, 0.2) is 11.5 Å². The van der Waals surface area contributed by atoms with Gasteiger partial charge in [-0.3, -0.25) is 4.79 Å². The van der Waals surface area contributed by atoms with E-state index in [1.165, 1.54) is 0 Å². The summed E-state index contributed by atoms with van der Waals surface area (Å²) in [7, 11) is 3.92. The molecule has 2 aromatic carbocycles. The van der Waals surface area contributed by atoms with Crippen molar-refractivity contribution >= 4 is 40.4 Å². The first-order valence-electron chi connectivity index (χ1n) is 7.97. The van der Waals surface area contributed by atoms with Crippen LogP contribution < -0.4 is 15.5 Å². The predicted octanol–water partition coefficient (Wildman–Crippen LogP) is 4.19. The van der Waals surface area contributed by atoms with Crippen molar-refractivity contribution in [2.75, 3.05) is 29.6 Å². The zero-order chi connectivity index (χ0) is 18.5. The van der Waals surface area contributed by atoms with Crippen molar-refractivity contribution in [1.82, 2.24) is 10.2 Å². The molecule has 3 rings (SSSR count). The molecule has 3 aromatic rings. The number of nitrogens with zero attached hydrogens (tertiary/aromatic N) is 3. The summed E-state index contributed by atoms with van der Waals surface area (Å²) in [5, 5.41) is 14.4. The van der Waals surface area contributed by atoms with Gasteiger partial charge in [0, 0.05) is 25.5 Å². The Morgan fingerprint density at radius 2 is 1.69 bits per heavy atom. The molecule has 1 heterocycles. The largest absolute Gasteiger partial charge is 0.378 e. The third-order valence-electron chi connectivity index (χ3n) is 3.68. The molecule has 0 aliphatic carbocycles. The molecule has 1 amide bonds. The van der Waals surface area contributed by atoms with E-state index in [1.807, 2.05) is 61.5 Å². The summed E-state index contributed by atoms with van der Waals surface area (Å²) in [5.74, 6) is 0.185. The van der Waals surface area contributed by atoms with Crippen molar-refractivity contribution in [3.63, 3.8) is 0 Å². The summed E-state index contributed by atoms with van der Waals surface area (Å²) in [5.41, 5.74) is 2.70. The molecule has 0 fully saturated rings. The molecule has 0 aliphatic rings. The maximum absolute atomic E-state index is 12.3. The predicted molar refractivity (Wildman–Crippen MR) is 105 cm³/mol. The minimum atomic E-state index is -0.320. The van der Waals surface area contributed by atoms with Gasteiger partial charge in [0.05, 0.1) is 10.7 Å². The maximum atomic E-state index is 12.3. The quantitative estimate of drug-likeness (QED) is 0.707. The summed E-state index contributed by atoms with van der Waals surface area (Å²) in [6, 6.07) is 18.2. The highest BCUT2D eigenvalue weighted by Gasteiger charge is 2.09. The van der Waals surface area contributed by atoms with Crippen molar-refractivity contribution in [2.24, 2.45) is 0 Å². The molecule has 2 N–H and O–H groups in total. The van der Waals surface area contributed by atoms with E-state index < -0.39 is 0 Å². The van der Waals surface area contributed by atoms with Gasteiger partial charge in [-0.1, -0.05) is 23.7 Å². The molecule has 0 saturated carbocycles. The fraction of sp³-hybridized carbons (Fsp3) is 0.105. The molecule has 1 aromatic heterocycles. The zero-order valence-corrected chi connectivity index (χ0v) is 15.2. The molecule has 0 saturated heterocycles. The summed E-state index contributed by atoms with van der Waals surface area (Å²) in [6.07, 6.45) is 0. The average molecular weight is 368 g/mol. The number of anilines is 4. The first kappa shape index (κ1) is 17.7. The molecule has 0 aliphatic heterocycles. The molecule has 26 heavy (non-hydrogen) atoms. The lowest BCUT2D eigenvalue weighted by molar-refractivity contribution is 0.102. The zero-order valence-electron chi connectivity index (χ0n) is 14.4. The van der Waals surface area contributed by atoms with E-state index >= 15 is 0 Å². The summed E-state index contributed by atoms with van der Waals surface area (Å²) in [6.45, 7) is 0. The molecule has 0 atom stereocenters. The number of amides is 1. The molecule has 0 spiro atoms. The van der Waals surface area contributed by atoms with Crippen LogP contribution in [0, 0.1) is 0 Å². The fourth-order valence-corrected chi connectivity index (χ4v) is 2.44. The number of carbonyl (C=O) groups is 1. The van der Waals surface area contributed by atoms with Gasteiger partial charge < -0.3 is 15.5 Å². The SMILES string of the molecule is CN(C)c1ccc(NC(=O)c2ccc(Nc3ccccc3Cl)nn2)cc1. The third kappa shape index (κ3) is 4.29. The average Bonchev–Trinajstić information content (AvgIpc) is 2.64. The van der Waals surface area contributed by atoms with Crippen LogP contribution in [0.4, 0.5) is 22.9 Å². The highest BCUT2D eigenvalue weighted by atomic mass is 35.5. The molecule has 0 unspecified atom stereocenters. The number of halogens is 1. The van der Waals surface area contributed by atoms with Crippen molar-refractivity contribution in [2.45, 2.75) is 0 Å². The van der Waals surface area contributed by atoms with Gasteiger partial charge in [-0.2, -0.15) is 0 Å². The van der Waals surface area contributed by atoms with Gasteiger partial charge in [-0.15, -0.1) is 10.2 Å². The van der Waals surface area contributed by atoms with Gasteiger partial charge in [0.1, 0.15) is 0 Å². The second kappa shape index (κ2) is 7.84. The monoisotopic (exact) mass is 367 g/mol.